The molecule has 1 N–H and O–H groups in total. The SMILES string of the molecule is CCc1ccc(N(CCCC(=O)N(Cc2cccc(C)c2)[C@H](C)C(=O)NC2CCCCC2)S(C)(=O)=O)cc1. The summed E-state index contributed by atoms with van der Waals surface area (Å²) >= 11 is 0. The minimum absolute atomic E-state index is 0.133. The van der Waals surface area contributed by atoms with E-state index in [2.05, 4.69) is 5.32 Å². The molecule has 0 unspecified atom stereocenters. The smallest absolute Gasteiger partial charge is 0.242 e. The Morgan fingerprint density at radius 2 is 1.71 bits per heavy atom. The molecule has 3 rings (SSSR count). The molecule has 7 nitrogen and oxygen atoms in total. The summed E-state index contributed by atoms with van der Waals surface area (Å²) in [6.45, 7) is 6.35. The number of rotatable bonds is 12. The van der Waals surface area contributed by atoms with Crippen LogP contribution in [0.4, 0.5) is 5.69 Å². The van der Waals surface area contributed by atoms with E-state index in [1.54, 1.807) is 11.8 Å². The van der Waals surface area contributed by atoms with Crippen LogP contribution in [0.5, 0.6) is 0 Å². The van der Waals surface area contributed by atoms with E-state index in [0.717, 1.165) is 48.8 Å². The zero-order valence-corrected chi connectivity index (χ0v) is 24.1. The Kier molecular flexibility index (Phi) is 10.8. The molecule has 8 heteroatoms. The van der Waals surface area contributed by atoms with Gasteiger partial charge in [0.25, 0.3) is 0 Å². The maximum absolute atomic E-state index is 13.5. The van der Waals surface area contributed by atoms with E-state index in [9.17, 15) is 18.0 Å². The van der Waals surface area contributed by atoms with Crippen molar-refractivity contribution in [2.24, 2.45) is 0 Å². The van der Waals surface area contributed by atoms with Crippen LogP contribution < -0.4 is 9.62 Å². The molecule has 1 saturated carbocycles. The zero-order chi connectivity index (χ0) is 27.7. The molecule has 0 spiro atoms. The molecule has 2 aromatic rings. The highest BCUT2D eigenvalue weighted by atomic mass is 32.2. The predicted octanol–water partition coefficient (Wildman–Crippen LogP) is 4.97. The average Bonchev–Trinajstić information content (AvgIpc) is 2.89. The summed E-state index contributed by atoms with van der Waals surface area (Å²) in [5, 5.41) is 3.16. The fraction of sp³-hybridized carbons (Fsp3) is 0.533. The molecule has 0 saturated heterocycles. The lowest BCUT2D eigenvalue weighted by Crippen LogP contribution is -2.50. The first-order chi connectivity index (χ1) is 18.1. The lowest BCUT2D eigenvalue weighted by atomic mass is 9.95. The van der Waals surface area contributed by atoms with Crippen molar-refractivity contribution in [2.75, 3.05) is 17.1 Å². The van der Waals surface area contributed by atoms with Gasteiger partial charge in [-0.25, -0.2) is 8.42 Å². The molecule has 2 amide bonds. The van der Waals surface area contributed by atoms with Gasteiger partial charge in [-0.2, -0.15) is 0 Å². The Labute approximate surface area is 228 Å². The molecule has 0 bridgehead atoms. The number of hydrogen-bond donors (Lipinski definition) is 1. The summed E-state index contributed by atoms with van der Waals surface area (Å²) in [5.41, 5.74) is 3.77. The van der Waals surface area contributed by atoms with E-state index in [1.807, 2.05) is 62.4 Å². The second-order valence-electron chi connectivity index (χ2n) is 10.5. The standard InChI is InChI=1S/C30H43N3O4S/c1-5-25-16-18-28(19-17-25)33(38(4,36)37)20-10-15-29(34)32(22-26-12-9-11-23(2)21-26)24(3)30(35)31-27-13-7-6-8-14-27/h9,11-12,16-19,21,24,27H,5-8,10,13-15,20,22H2,1-4H3,(H,31,35)/t24-/m1/s1. The van der Waals surface area contributed by atoms with Crippen LogP contribution in [0.2, 0.25) is 0 Å². The molecule has 2 aromatic carbocycles. The minimum atomic E-state index is -3.51. The molecule has 1 atom stereocenters. The highest BCUT2D eigenvalue weighted by Gasteiger charge is 2.28. The predicted molar refractivity (Wildman–Crippen MR) is 153 cm³/mol. The van der Waals surface area contributed by atoms with Crippen LogP contribution in [-0.2, 0) is 32.6 Å². The zero-order valence-electron chi connectivity index (χ0n) is 23.3. The Balaban J connectivity index is 1.71. The third-order valence-electron chi connectivity index (χ3n) is 7.34. The Morgan fingerprint density at radius 1 is 1.03 bits per heavy atom. The van der Waals surface area contributed by atoms with Crippen LogP contribution in [0.1, 0.15) is 75.5 Å². The van der Waals surface area contributed by atoms with Gasteiger partial charge in [0.2, 0.25) is 21.8 Å². The van der Waals surface area contributed by atoms with Gasteiger partial charge in [-0.3, -0.25) is 13.9 Å². The van der Waals surface area contributed by atoms with E-state index in [-0.39, 0.29) is 30.8 Å². The number of carbonyl (C=O) groups excluding carboxylic acids is 2. The van der Waals surface area contributed by atoms with Crippen LogP contribution in [0, 0.1) is 6.92 Å². The van der Waals surface area contributed by atoms with Crippen LogP contribution >= 0.6 is 0 Å². The van der Waals surface area contributed by atoms with Gasteiger partial charge in [0.1, 0.15) is 6.04 Å². The first-order valence-electron chi connectivity index (χ1n) is 13.8. The molecular formula is C30H43N3O4S. The number of nitrogens with one attached hydrogen (secondary N) is 1. The highest BCUT2D eigenvalue weighted by Crippen LogP contribution is 2.21. The average molecular weight is 542 g/mol. The first kappa shape index (κ1) is 29.7. The first-order valence-corrected chi connectivity index (χ1v) is 15.7. The Hall–Kier alpha value is -2.87. The van der Waals surface area contributed by atoms with Crippen LogP contribution in [-0.4, -0.2) is 50.0 Å². The van der Waals surface area contributed by atoms with Crippen molar-refractivity contribution in [3.63, 3.8) is 0 Å². The van der Waals surface area contributed by atoms with Gasteiger partial charge < -0.3 is 10.2 Å². The molecule has 0 aliphatic heterocycles. The Bertz CT molecular complexity index is 1170. The van der Waals surface area contributed by atoms with Gasteiger partial charge >= 0.3 is 0 Å². The maximum atomic E-state index is 13.5. The van der Waals surface area contributed by atoms with Crippen molar-refractivity contribution >= 4 is 27.5 Å². The molecule has 0 heterocycles. The summed E-state index contributed by atoms with van der Waals surface area (Å²) < 4.78 is 26.4. The quantitative estimate of drug-likeness (QED) is 0.411. The van der Waals surface area contributed by atoms with E-state index in [4.69, 9.17) is 0 Å². The van der Waals surface area contributed by atoms with Crippen molar-refractivity contribution in [3.8, 4) is 0 Å². The summed E-state index contributed by atoms with van der Waals surface area (Å²) in [6, 6.07) is 14.9. The van der Waals surface area contributed by atoms with E-state index in [0.29, 0.717) is 18.7 Å². The van der Waals surface area contributed by atoms with Gasteiger partial charge in [-0.15, -0.1) is 0 Å². The summed E-state index contributed by atoms with van der Waals surface area (Å²) in [7, 11) is -3.51. The topological polar surface area (TPSA) is 86.8 Å². The summed E-state index contributed by atoms with van der Waals surface area (Å²) in [5.74, 6) is -0.292. The van der Waals surface area contributed by atoms with Crippen molar-refractivity contribution < 1.29 is 18.0 Å². The normalized spacial score (nSPS) is 15.1. The molecule has 0 aromatic heterocycles. The maximum Gasteiger partial charge on any atom is 0.242 e. The van der Waals surface area contributed by atoms with E-state index >= 15 is 0 Å². The summed E-state index contributed by atoms with van der Waals surface area (Å²) in [6.07, 6.45) is 7.94. The second kappa shape index (κ2) is 13.8. The van der Waals surface area contributed by atoms with Crippen molar-refractivity contribution in [2.45, 2.75) is 90.8 Å². The molecule has 1 fully saturated rings. The van der Waals surface area contributed by atoms with Gasteiger partial charge in [-0.1, -0.05) is 68.1 Å². The fourth-order valence-electron chi connectivity index (χ4n) is 5.06. The third kappa shape index (κ3) is 8.58. The van der Waals surface area contributed by atoms with Crippen molar-refractivity contribution in [1.29, 1.82) is 0 Å². The largest absolute Gasteiger partial charge is 0.352 e. The van der Waals surface area contributed by atoms with Crippen molar-refractivity contribution in [3.05, 3.63) is 65.2 Å². The van der Waals surface area contributed by atoms with Gasteiger partial charge in [0, 0.05) is 25.6 Å². The second-order valence-corrected chi connectivity index (χ2v) is 12.4. The van der Waals surface area contributed by atoms with E-state index < -0.39 is 16.1 Å². The number of carbonyl (C=O) groups is 2. The Morgan fingerprint density at radius 3 is 2.32 bits per heavy atom. The lowest BCUT2D eigenvalue weighted by Gasteiger charge is -2.31. The highest BCUT2D eigenvalue weighted by molar-refractivity contribution is 7.92. The number of benzene rings is 2. The molecule has 1 aliphatic carbocycles. The lowest BCUT2D eigenvalue weighted by molar-refractivity contribution is -0.141. The molecule has 1 aliphatic rings. The number of anilines is 1. The van der Waals surface area contributed by atoms with Crippen molar-refractivity contribution in [1.82, 2.24) is 10.2 Å². The molecule has 208 valence electrons. The third-order valence-corrected chi connectivity index (χ3v) is 8.53. The monoisotopic (exact) mass is 541 g/mol. The molecule has 0 radical (unpaired) electrons. The number of hydrogen-bond acceptors (Lipinski definition) is 4. The van der Waals surface area contributed by atoms with Gasteiger partial charge in [0.05, 0.1) is 11.9 Å². The van der Waals surface area contributed by atoms with Gasteiger partial charge in [0.15, 0.2) is 0 Å². The van der Waals surface area contributed by atoms with Crippen LogP contribution in [0.25, 0.3) is 0 Å². The van der Waals surface area contributed by atoms with Crippen LogP contribution in [0.15, 0.2) is 48.5 Å². The number of nitrogens with zero attached hydrogens (tertiary/aromatic N) is 2. The van der Waals surface area contributed by atoms with Gasteiger partial charge in [-0.05, 0) is 62.8 Å². The fourth-order valence-corrected chi connectivity index (χ4v) is 6.03. The molecular weight excluding hydrogens is 498 g/mol. The number of aryl methyl sites for hydroxylation is 2. The molecule has 38 heavy (non-hydrogen) atoms. The number of amides is 2. The minimum Gasteiger partial charge on any atom is -0.352 e. The van der Waals surface area contributed by atoms with Crippen LogP contribution in [0.3, 0.4) is 0 Å². The van der Waals surface area contributed by atoms with E-state index in [1.165, 1.54) is 17.0 Å². The summed E-state index contributed by atoms with van der Waals surface area (Å²) in [4.78, 5) is 28.3. The number of sulfonamides is 1.